The fraction of sp³-hybridized carbons (Fsp3) is 0. The number of hydrogen-bond donors (Lipinski definition) is 2. The summed E-state index contributed by atoms with van der Waals surface area (Å²) >= 11 is 3.38. The molecule has 0 saturated carbocycles. The maximum Gasteiger partial charge on any atom is 0.362 e. The van der Waals surface area contributed by atoms with Crippen LogP contribution in [0.2, 0.25) is 0 Å². The Morgan fingerprint density at radius 2 is 2.00 bits per heavy atom. The first-order chi connectivity index (χ1) is 3.48. The average molecular weight is 360 g/mol. The lowest BCUT2D eigenvalue weighted by Crippen LogP contribution is -1.72. The van der Waals surface area contributed by atoms with Gasteiger partial charge in [0.15, 0.2) is 0 Å². The maximum atomic E-state index is 10.2. The lowest BCUT2D eigenvalue weighted by atomic mass is 11.3. The Labute approximate surface area is 74.0 Å². The third-order valence-corrected chi connectivity index (χ3v) is 5.56. The lowest BCUT2D eigenvalue weighted by Gasteiger charge is -1.97. The molecule has 48 valence electrons. The number of rotatable bonds is 1. The highest BCUT2D eigenvalue weighted by Gasteiger charge is 2.16. The first kappa shape index (κ1) is 9.35. The van der Waals surface area contributed by atoms with Gasteiger partial charge < -0.3 is 9.79 Å². The first-order valence-electron chi connectivity index (χ1n) is 1.50. The fourth-order valence-corrected chi connectivity index (χ4v) is 1.28. The summed E-state index contributed by atoms with van der Waals surface area (Å²) in [6, 6.07) is 0. The standard InChI is InChI=1S/C2H3I2O3P/c3-1-2(4)8(5,6)7/h1H,(H2,5,6,7). The smallest absolute Gasteiger partial charge is 0.321 e. The van der Waals surface area contributed by atoms with Gasteiger partial charge in [-0.2, -0.15) is 0 Å². The molecule has 0 radical (unpaired) electrons. The van der Waals surface area contributed by atoms with Crippen LogP contribution >= 0.6 is 52.8 Å². The van der Waals surface area contributed by atoms with E-state index in [1.54, 1.807) is 45.2 Å². The molecule has 0 amide bonds. The van der Waals surface area contributed by atoms with Crippen LogP contribution in [0.25, 0.3) is 0 Å². The summed E-state index contributed by atoms with van der Waals surface area (Å²) in [6.07, 6.45) is 0. The number of hydrogen-bond acceptors (Lipinski definition) is 1. The highest BCUT2D eigenvalue weighted by molar-refractivity contribution is 14.1. The van der Waals surface area contributed by atoms with Gasteiger partial charge >= 0.3 is 7.60 Å². The molecule has 0 atom stereocenters. The highest BCUT2D eigenvalue weighted by Crippen LogP contribution is 2.49. The summed E-state index contributed by atoms with van der Waals surface area (Å²) in [5.74, 6) is 0. The van der Waals surface area contributed by atoms with Crippen LogP contribution in [0.15, 0.2) is 7.40 Å². The van der Waals surface area contributed by atoms with E-state index in [-0.39, 0.29) is 3.32 Å². The van der Waals surface area contributed by atoms with Gasteiger partial charge in [-0.1, -0.05) is 22.6 Å². The Morgan fingerprint density at radius 1 is 1.62 bits per heavy atom. The van der Waals surface area contributed by atoms with Crippen molar-refractivity contribution in [3.05, 3.63) is 7.40 Å². The zero-order valence-corrected chi connectivity index (χ0v) is 8.79. The molecule has 0 aliphatic rings. The van der Waals surface area contributed by atoms with E-state index in [0.717, 1.165) is 0 Å². The van der Waals surface area contributed by atoms with Crippen LogP contribution in [0.3, 0.4) is 0 Å². The fourth-order valence-electron chi connectivity index (χ4n) is 0.0636. The van der Waals surface area contributed by atoms with E-state index in [9.17, 15) is 4.57 Å². The molecule has 0 aromatic carbocycles. The van der Waals surface area contributed by atoms with Crippen molar-refractivity contribution < 1.29 is 14.4 Å². The average Bonchev–Trinajstić information content (AvgIpc) is 1.62. The van der Waals surface area contributed by atoms with E-state index >= 15 is 0 Å². The van der Waals surface area contributed by atoms with Crippen molar-refractivity contribution in [3.8, 4) is 0 Å². The molecule has 8 heavy (non-hydrogen) atoms. The van der Waals surface area contributed by atoms with Crippen molar-refractivity contribution >= 4 is 52.8 Å². The van der Waals surface area contributed by atoms with Crippen LogP contribution in [0.5, 0.6) is 0 Å². The second-order valence-electron chi connectivity index (χ2n) is 0.976. The first-order valence-corrected chi connectivity index (χ1v) is 5.44. The third-order valence-electron chi connectivity index (χ3n) is 0.368. The van der Waals surface area contributed by atoms with E-state index in [2.05, 4.69) is 0 Å². The molecule has 0 fully saturated rings. The second-order valence-corrected chi connectivity index (χ2v) is 5.18. The van der Waals surface area contributed by atoms with Crippen LogP contribution in [0.1, 0.15) is 0 Å². The Bertz CT molecular complexity index is 147. The number of halogens is 2. The van der Waals surface area contributed by atoms with Crippen LogP contribution in [-0.4, -0.2) is 9.79 Å². The van der Waals surface area contributed by atoms with Gasteiger partial charge in [0.25, 0.3) is 0 Å². The molecule has 2 N–H and O–H groups in total. The Morgan fingerprint density at radius 3 is 2.00 bits per heavy atom. The largest absolute Gasteiger partial charge is 0.362 e. The van der Waals surface area contributed by atoms with Gasteiger partial charge in [-0.3, -0.25) is 4.57 Å². The van der Waals surface area contributed by atoms with Crippen LogP contribution in [0, 0.1) is 0 Å². The molecule has 3 nitrogen and oxygen atoms in total. The van der Waals surface area contributed by atoms with Gasteiger partial charge in [-0.15, -0.1) is 0 Å². The molecule has 0 rings (SSSR count). The molecule has 0 aromatic heterocycles. The molecular formula is C2H3I2O3P. The lowest BCUT2D eigenvalue weighted by molar-refractivity contribution is 0.385. The summed E-state index contributed by atoms with van der Waals surface area (Å²) in [5.41, 5.74) is 0. The minimum absolute atomic E-state index is 0.0794. The third kappa shape index (κ3) is 3.39. The summed E-state index contributed by atoms with van der Waals surface area (Å²) < 4.78 is 11.6. The molecule has 0 bridgehead atoms. The predicted octanol–water partition coefficient (Wildman–Crippen LogP) is 1.83. The second kappa shape index (κ2) is 3.50. The molecule has 0 saturated heterocycles. The topological polar surface area (TPSA) is 57.5 Å². The normalized spacial score (nSPS) is 14.2. The van der Waals surface area contributed by atoms with Gasteiger partial charge in [-0.25, -0.2) is 0 Å². The van der Waals surface area contributed by atoms with E-state index in [1.807, 2.05) is 0 Å². The summed E-state index contributed by atoms with van der Waals surface area (Å²) in [7, 11) is -3.92. The summed E-state index contributed by atoms with van der Waals surface area (Å²) in [6.45, 7) is 0. The van der Waals surface area contributed by atoms with Gasteiger partial charge in [0.2, 0.25) is 0 Å². The van der Waals surface area contributed by atoms with Gasteiger partial charge in [-0.05, 0) is 26.7 Å². The van der Waals surface area contributed by atoms with Crippen molar-refractivity contribution in [2.24, 2.45) is 0 Å². The molecule has 0 heterocycles. The Hall–Kier alpha value is 1.35. The van der Waals surface area contributed by atoms with Gasteiger partial charge in [0.1, 0.15) is 3.32 Å². The van der Waals surface area contributed by atoms with E-state index in [1.165, 1.54) is 4.08 Å². The van der Waals surface area contributed by atoms with E-state index in [4.69, 9.17) is 9.79 Å². The highest BCUT2D eigenvalue weighted by atomic mass is 127. The van der Waals surface area contributed by atoms with Crippen LogP contribution < -0.4 is 0 Å². The minimum Gasteiger partial charge on any atom is -0.321 e. The van der Waals surface area contributed by atoms with E-state index in [0.29, 0.717) is 0 Å². The molecule has 0 aliphatic heterocycles. The monoisotopic (exact) mass is 360 g/mol. The van der Waals surface area contributed by atoms with Crippen LogP contribution in [-0.2, 0) is 4.57 Å². The zero-order chi connectivity index (χ0) is 6.78. The van der Waals surface area contributed by atoms with Crippen molar-refractivity contribution in [3.63, 3.8) is 0 Å². The Kier molecular flexibility index (Phi) is 4.09. The molecule has 0 unspecified atom stereocenters. The Balaban J connectivity index is 4.27. The maximum absolute atomic E-state index is 10.2. The van der Waals surface area contributed by atoms with Crippen molar-refractivity contribution in [1.82, 2.24) is 0 Å². The molecule has 0 aliphatic carbocycles. The quantitative estimate of drug-likeness (QED) is 0.555. The van der Waals surface area contributed by atoms with Crippen molar-refractivity contribution in [2.45, 2.75) is 0 Å². The van der Waals surface area contributed by atoms with Crippen LogP contribution in [0.4, 0.5) is 0 Å². The predicted molar refractivity (Wildman–Crippen MR) is 48.2 cm³/mol. The van der Waals surface area contributed by atoms with Crippen molar-refractivity contribution in [1.29, 1.82) is 0 Å². The molecule has 0 spiro atoms. The SMILES string of the molecule is O=P(O)(O)C(I)=CI. The molecule has 0 aromatic rings. The summed E-state index contributed by atoms with van der Waals surface area (Å²) in [5, 5.41) is 0. The van der Waals surface area contributed by atoms with Crippen molar-refractivity contribution in [2.75, 3.05) is 0 Å². The molecular weight excluding hydrogens is 357 g/mol. The van der Waals surface area contributed by atoms with Gasteiger partial charge in [0, 0.05) is 0 Å². The summed E-state index contributed by atoms with van der Waals surface area (Å²) in [4.78, 5) is 16.6. The zero-order valence-electron chi connectivity index (χ0n) is 3.58. The van der Waals surface area contributed by atoms with Gasteiger partial charge in [0.05, 0.1) is 0 Å². The molecule has 6 heteroatoms. The van der Waals surface area contributed by atoms with E-state index < -0.39 is 7.60 Å². The minimum atomic E-state index is -3.92.